The van der Waals surface area contributed by atoms with E-state index in [4.69, 9.17) is 45.4 Å². The number of nitrogens with zero attached hydrogens (tertiary/aromatic N) is 2. The zero-order chi connectivity index (χ0) is 22.5. The lowest BCUT2D eigenvalue weighted by Crippen LogP contribution is -2.54. The molecule has 3 rings (SSSR count). The zero-order valence-electron chi connectivity index (χ0n) is 16.0. The predicted molar refractivity (Wildman–Crippen MR) is 124 cm³/mol. The molecular weight excluding hydrogens is 457 g/mol. The van der Waals surface area contributed by atoms with E-state index in [-0.39, 0.29) is 33.0 Å². The monoisotopic (exact) mass is 471 g/mol. The molecule has 0 aliphatic carbocycles. The Morgan fingerprint density at radius 2 is 2.03 bits per heavy atom. The number of halogens is 2. The SMILES string of the molecule is C=CCc1cc(/C=C2\C(=O)NC(=S)N(c3cccc(Cl)c3Cl)C2=O)ccc1OCC#N. The third-order valence-electron chi connectivity index (χ3n) is 4.33. The van der Waals surface area contributed by atoms with Gasteiger partial charge in [-0.15, -0.1) is 6.58 Å². The molecule has 2 aromatic carbocycles. The first-order chi connectivity index (χ1) is 14.9. The number of carbonyl (C=O) groups excluding carboxylic acids is 2. The number of amides is 2. The lowest BCUT2D eigenvalue weighted by molar-refractivity contribution is -0.122. The Labute approximate surface area is 194 Å². The van der Waals surface area contributed by atoms with E-state index in [2.05, 4.69) is 11.9 Å². The van der Waals surface area contributed by atoms with Crippen LogP contribution in [0.2, 0.25) is 10.0 Å². The third kappa shape index (κ3) is 4.78. The van der Waals surface area contributed by atoms with Gasteiger partial charge in [0.15, 0.2) is 11.7 Å². The topological polar surface area (TPSA) is 82.4 Å². The molecule has 1 aliphatic rings. The normalized spacial score (nSPS) is 14.9. The molecule has 0 saturated carbocycles. The summed E-state index contributed by atoms with van der Waals surface area (Å²) in [6.07, 6.45) is 3.61. The van der Waals surface area contributed by atoms with Crippen molar-refractivity contribution in [1.29, 1.82) is 5.26 Å². The molecule has 156 valence electrons. The van der Waals surface area contributed by atoms with Gasteiger partial charge in [-0.2, -0.15) is 5.26 Å². The molecule has 0 spiro atoms. The molecule has 1 heterocycles. The molecule has 6 nitrogen and oxygen atoms in total. The van der Waals surface area contributed by atoms with Gasteiger partial charge in [-0.05, 0) is 60.1 Å². The van der Waals surface area contributed by atoms with Crippen molar-refractivity contribution in [2.75, 3.05) is 11.5 Å². The van der Waals surface area contributed by atoms with E-state index in [1.54, 1.807) is 42.5 Å². The van der Waals surface area contributed by atoms with E-state index in [1.165, 1.54) is 6.08 Å². The van der Waals surface area contributed by atoms with Gasteiger partial charge in [0.25, 0.3) is 11.8 Å². The highest BCUT2D eigenvalue weighted by molar-refractivity contribution is 7.80. The Balaban J connectivity index is 2.02. The number of rotatable bonds is 6. The highest BCUT2D eigenvalue weighted by Crippen LogP contribution is 2.34. The number of thiocarbonyl (C=S) groups is 1. The zero-order valence-corrected chi connectivity index (χ0v) is 18.4. The molecular formula is C22H15Cl2N3O3S. The van der Waals surface area contributed by atoms with Crippen molar-refractivity contribution < 1.29 is 14.3 Å². The summed E-state index contributed by atoms with van der Waals surface area (Å²) < 4.78 is 5.41. The number of benzene rings is 2. The Kier molecular flexibility index (Phi) is 7.08. The minimum Gasteiger partial charge on any atom is -0.478 e. The summed E-state index contributed by atoms with van der Waals surface area (Å²) in [7, 11) is 0. The van der Waals surface area contributed by atoms with Crippen LogP contribution in [0, 0.1) is 11.3 Å². The lowest BCUT2D eigenvalue weighted by Gasteiger charge is -2.29. The molecule has 1 fully saturated rings. The maximum atomic E-state index is 13.2. The van der Waals surface area contributed by atoms with E-state index in [0.29, 0.717) is 17.7 Å². The Morgan fingerprint density at radius 1 is 1.26 bits per heavy atom. The van der Waals surface area contributed by atoms with Crippen LogP contribution in [-0.4, -0.2) is 23.5 Å². The number of hydrogen-bond acceptors (Lipinski definition) is 5. The van der Waals surface area contributed by atoms with Crippen molar-refractivity contribution in [3.05, 3.63) is 75.8 Å². The highest BCUT2D eigenvalue weighted by Gasteiger charge is 2.35. The summed E-state index contributed by atoms with van der Waals surface area (Å²) in [5.41, 5.74) is 1.49. The first-order valence-corrected chi connectivity index (χ1v) is 10.1. The number of hydrogen-bond donors (Lipinski definition) is 1. The molecule has 2 amide bonds. The summed E-state index contributed by atoms with van der Waals surface area (Å²) in [6, 6.07) is 11.8. The second-order valence-electron chi connectivity index (χ2n) is 6.34. The molecule has 0 unspecified atom stereocenters. The van der Waals surface area contributed by atoms with Gasteiger partial charge in [-0.3, -0.25) is 19.8 Å². The fourth-order valence-corrected chi connectivity index (χ4v) is 3.62. The first kappa shape index (κ1) is 22.5. The summed E-state index contributed by atoms with van der Waals surface area (Å²) in [6.45, 7) is 3.62. The largest absolute Gasteiger partial charge is 0.478 e. The Hall–Kier alpha value is -3.18. The summed E-state index contributed by atoms with van der Waals surface area (Å²) in [5, 5.41) is 11.5. The summed E-state index contributed by atoms with van der Waals surface area (Å²) in [4.78, 5) is 26.8. The van der Waals surface area contributed by atoms with Gasteiger partial charge in [0.1, 0.15) is 17.4 Å². The molecule has 31 heavy (non-hydrogen) atoms. The molecule has 0 aromatic heterocycles. The number of nitriles is 1. The van der Waals surface area contributed by atoms with Crippen molar-refractivity contribution >= 4 is 64.1 Å². The van der Waals surface area contributed by atoms with E-state index in [1.807, 2.05) is 6.07 Å². The number of nitrogens with one attached hydrogen (secondary N) is 1. The Bertz CT molecular complexity index is 1170. The van der Waals surface area contributed by atoms with Gasteiger partial charge >= 0.3 is 0 Å². The highest BCUT2D eigenvalue weighted by atomic mass is 35.5. The molecule has 1 saturated heterocycles. The van der Waals surface area contributed by atoms with Crippen LogP contribution < -0.4 is 15.0 Å². The molecule has 0 radical (unpaired) electrons. The fraction of sp³-hybridized carbons (Fsp3) is 0.0909. The maximum absolute atomic E-state index is 13.2. The van der Waals surface area contributed by atoms with Gasteiger partial charge in [0.2, 0.25) is 0 Å². The second kappa shape index (κ2) is 9.75. The Morgan fingerprint density at radius 3 is 2.74 bits per heavy atom. The van der Waals surface area contributed by atoms with Gasteiger partial charge in [0, 0.05) is 0 Å². The standard InChI is InChI=1S/C22H15Cl2N3O3S/c1-2-4-14-11-13(7-8-18(14)30-10-9-25)12-15-20(28)26-22(31)27(21(15)29)17-6-3-5-16(23)19(17)24/h2-3,5-8,11-12H,1,4,10H2,(H,26,28,31)/b15-12+. The van der Waals surface area contributed by atoms with Gasteiger partial charge in [-0.25, -0.2) is 0 Å². The van der Waals surface area contributed by atoms with E-state index in [0.717, 1.165) is 10.5 Å². The average Bonchev–Trinajstić information content (AvgIpc) is 2.73. The maximum Gasteiger partial charge on any atom is 0.270 e. The molecule has 1 aliphatic heterocycles. The van der Waals surface area contributed by atoms with Crippen molar-refractivity contribution in [3.63, 3.8) is 0 Å². The summed E-state index contributed by atoms with van der Waals surface area (Å²) in [5.74, 6) is -0.732. The van der Waals surface area contributed by atoms with E-state index in [9.17, 15) is 9.59 Å². The smallest absolute Gasteiger partial charge is 0.270 e. The van der Waals surface area contributed by atoms with E-state index < -0.39 is 11.8 Å². The van der Waals surface area contributed by atoms with Crippen molar-refractivity contribution in [2.24, 2.45) is 0 Å². The average molecular weight is 472 g/mol. The van der Waals surface area contributed by atoms with Gasteiger partial charge in [0.05, 0.1) is 15.7 Å². The molecule has 9 heteroatoms. The quantitative estimate of drug-likeness (QED) is 0.291. The predicted octanol–water partition coefficient (Wildman–Crippen LogP) is 4.46. The van der Waals surface area contributed by atoms with Crippen molar-refractivity contribution in [3.8, 4) is 11.8 Å². The van der Waals surface area contributed by atoms with Gasteiger partial charge < -0.3 is 4.74 Å². The van der Waals surface area contributed by atoms with Crippen LogP contribution in [0.15, 0.2) is 54.6 Å². The number of carbonyl (C=O) groups is 2. The fourth-order valence-electron chi connectivity index (χ4n) is 2.96. The van der Waals surface area contributed by atoms with Crippen molar-refractivity contribution in [2.45, 2.75) is 6.42 Å². The van der Waals surface area contributed by atoms with Gasteiger partial charge in [-0.1, -0.05) is 41.4 Å². The summed E-state index contributed by atoms with van der Waals surface area (Å²) >= 11 is 17.5. The van der Waals surface area contributed by atoms with Crippen LogP contribution in [0.4, 0.5) is 5.69 Å². The molecule has 0 bridgehead atoms. The minimum absolute atomic E-state index is 0.0936. The van der Waals surface area contributed by atoms with E-state index >= 15 is 0 Å². The number of ether oxygens (including phenoxy) is 1. The first-order valence-electron chi connectivity index (χ1n) is 8.96. The van der Waals surface area contributed by atoms with Crippen LogP contribution in [-0.2, 0) is 16.0 Å². The molecule has 2 aromatic rings. The van der Waals surface area contributed by atoms with Crippen LogP contribution in [0.5, 0.6) is 5.75 Å². The number of anilines is 1. The van der Waals surface area contributed by atoms with Crippen molar-refractivity contribution in [1.82, 2.24) is 5.32 Å². The minimum atomic E-state index is -0.631. The number of allylic oxidation sites excluding steroid dienone is 1. The van der Waals surface area contributed by atoms with Crippen LogP contribution in [0.25, 0.3) is 6.08 Å². The van der Waals surface area contributed by atoms with Crippen LogP contribution in [0.3, 0.4) is 0 Å². The van der Waals surface area contributed by atoms with Crippen LogP contribution >= 0.6 is 35.4 Å². The lowest BCUT2D eigenvalue weighted by atomic mass is 10.0. The molecule has 0 atom stereocenters. The van der Waals surface area contributed by atoms with Crippen LogP contribution in [0.1, 0.15) is 11.1 Å². The molecule has 1 N–H and O–H groups in total. The third-order valence-corrected chi connectivity index (χ3v) is 5.42. The second-order valence-corrected chi connectivity index (χ2v) is 7.51.